The lowest BCUT2D eigenvalue weighted by Crippen LogP contribution is -2.41. The monoisotopic (exact) mass is 263 g/mol. The molecule has 3 N–H and O–H groups in total. The Balaban J connectivity index is 2.61. The number of nitrogens with one attached hydrogen (secondary N) is 1. The third-order valence-electron chi connectivity index (χ3n) is 2.75. The molecule has 0 aliphatic carbocycles. The molecule has 0 radical (unpaired) electrons. The fraction of sp³-hybridized carbons (Fsp3) is 0.429. The van der Waals surface area contributed by atoms with Crippen molar-refractivity contribution >= 4 is 17.5 Å². The van der Waals surface area contributed by atoms with Crippen molar-refractivity contribution in [3.63, 3.8) is 0 Å². The molecule has 1 aromatic carbocycles. The summed E-state index contributed by atoms with van der Waals surface area (Å²) < 4.78 is 0. The molecule has 2 amide bonds. The van der Waals surface area contributed by atoms with Crippen LogP contribution in [0.2, 0.25) is 0 Å². The highest BCUT2D eigenvalue weighted by atomic mass is 16.2. The molecular weight excluding hydrogens is 242 g/mol. The van der Waals surface area contributed by atoms with Crippen molar-refractivity contribution < 1.29 is 9.59 Å². The predicted octanol–water partition coefficient (Wildman–Crippen LogP) is 0.796. The number of carbonyl (C=O) groups excluding carboxylic acids is 2. The minimum atomic E-state index is -0.134. The number of nitrogen functional groups attached to an aromatic ring is 1. The van der Waals surface area contributed by atoms with Crippen LogP contribution in [0, 0.1) is 0 Å². The third-order valence-corrected chi connectivity index (χ3v) is 2.75. The van der Waals surface area contributed by atoms with Crippen LogP contribution >= 0.6 is 0 Å². The molecule has 0 bridgehead atoms. The molecule has 0 heterocycles. The molecule has 19 heavy (non-hydrogen) atoms. The van der Waals surface area contributed by atoms with Crippen LogP contribution in [0.1, 0.15) is 19.4 Å². The number of rotatable bonds is 6. The number of nitrogens with two attached hydrogens (primary N) is 1. The zero-order valence-corrected chi connectivity index (χ0v) is 11.5. The maximum Gasteiger partial charge on any atom is 0.239 e. The Hall–Kier alpha value is -2.04. The summed E-state index contributed by atoms with van der Waals surface area (Å²) in [5.41, 5.74) is 7.17. The van der Waals surface area contributed by atoms with Gasteiger partial charge in [-0.2, -0.15) is 0 Å². The van der Waals surface area contributed by atoms with Crippen LogP contribution < -0.4 is 11.1 Å². The Morgan fingerprint density at radius 2 is 2.05 bits per heavy atom. The zero-order valence-electron chi connectivity index (χ0n) is 11.5. The highest BCUT2D eigenvalue weighted by molar-refractivity contribution is 5.85. The molecule has 1 aromatic rings. The van der Waals surface area contributed by atoms with Gasteiger partial charge < -0.3 is 16.0 Å². The predicted molar refractivity (Wildman–Crippen MR) is 75.5 cm³/mol. The number of benzene rings is 1. The van der Waals surface area contributed by atoms with E-state index in [0.717, 1.165) is 5.56 Å². The van der Waals surface area contributed by atoms with Crippen LogP contribution in [0.3, 0.4) is 0 Å². The van der Waals surface area contributed by atoms with Gasteiger partial charge in [0, 0.05) is 18.8 Å². The van der Waals surface area contributed by atoms with Crippen LogP contribution in [0.25, 0.3) is 0 Å². The van der Waals surface area contributed by atoms with Crippen LogP contribution in [-0.4, -0.2) is 36.3 Å². The number of carbonyl (C=O) groups is 2. The van der Waals surface area contributed by atoms with Gasteiger partial charge in [0.1, 0.15) is 0 Å². The van der Waals surface area contributed by atoms with Gasteiger partial charge in [-0.1, -0.05) is 12.1 Å². The lowest BCUT2D eigenvalue weighted by atomic mass is 10.1. The van der Waals surface area contributed by atoms with Crippen LogP contribution in [0.4, 0.5) is 5.69 Å². The fourth-order valence-corrected chi connectivity index (χ4v) is 1.79. The van der Waals surface area contributed by atoms with Crippen LogP contribution in [0.5, 0.6) is 0 Å². The minimum Gasteiger partial charge on any atom is -0.399 e. The number of hydrogen-bond donors (Lipinski definition) is 2. The highest BCUT2D eigenvalue weighted by Gasteiger charge is 2.15. The molecule has 0 aromatic heterocycles. The van der Waals surface area contributed by atoms with Gasteiger partial charge in [0.2, 0.25) is 11.8 Å². The summed E-state index contributed by atoms with van der Waals surface area (Å²) in [4.78, 5) is 25.1. The molecule has 104 valence electrons. The standard InChI is InChI=1S/C14H21N3O2/c1-3-16-13(18)10-17(4-2)14(19)9-11-6-5-7-12(15)8-11/h5-8H,3-4,9-10,15H2,1-2H3,(H,16,18). The van der Waals surface area contributed by atoms with E-state index in [-0.39, 0.29) is 24.8 Å². The van der Waals surface area contributed by atoms with Crippen molar-refractivity contribution in [1.82, 2.24) is 10.2 Å². The average molecular weight is 263 g/mol. The molecule has 0 saturated carbocycles. The number of anilines is 1. The molecule has 0 aliphatic rings. The Labute approximate surface area is 113 Å². The van der Waals surface area contributed by atoms with Gasteiger partial charge in [-0.05, 0) is 31.5 Å². The van der Waals surface area contributed by atoms with Crippen LogP contribution in [0.15, 0.2) is 24.3 Å². The summed E-state index contributed by atoms with van der Waals surface area (Å²) in [5.74, 6) is -0.204. The first-order chi connectivity index (χ1) is 9.06. The van der Waals surface area contributed by atoms with E-state index in [9.17, 15) is 9.59 Å². The van der Waals surface area contributed by atoms with E-state index >= 15 is 0 Å². The number of likely N-dealkylation sites (N-methyl/N-ethyl adjacent to an activating group) is 2. The molecular formula is C14H21N3O2. The molecule has 0 aliphatic heterocycles. The second-order valence-corrected chi connectivity index (χ2v) is 4.28. The van der Waals surface area contributed by atoms with Crippen molar-refractivity contribution in [2.24, 2.45) is 0 Å². The molecule has 0 fully saturated rings. The number of amides is 2. The second kappa shape index (κ2) is 7.41. The summed E-state index contributed by atoms with van der Waals surface area (Å²) >= 11 is 0. The summed E-state index contributed by atoms with van der Waals surface area (Å²) in [6.07, 6.45) is 0.262. The summed E-state index contributed by atoms with van der Waals surface area (Å²) in [7, 11) is 0. The van der Waals surface area contributed by atoms with E-state index in [1.54, 1.807) is 12.1 Å². The number of nitrogens with zero attached hydrogens (tertiary/aromatic N) is 1. The first kappa shape index (κ1) is 15.0. The Morgan fingerprint density at radius 3 is 2.63 bits per heavy atom. The lowest BCUT2D eigenvalue weighted by Gasteiger charge is -2.20. The van der Waals surface area contributed by atoms with Crippen molar-refractivity contribution in [3.05, 3.63) is 29.8 Å². The summed E-state index contributed by atoms with van der Waals surface area (Å²) in [5, 5.41) is 2.69. The molecule has 0 spiro atoms. The maximum absolute atomic E-state index is 12.1. The molecule has 0 saturated heterocycles. The van der Waals surface area contributed by atoms with E-state index in [1.807, 2.05) is 26.0 Å². The van der Waals surface area contributed by atoms with Gasteiger partial charge in [-0.15, -0.1) is 0 Å². The van der Waals surface area contributed by atoms with Gasteiger partial charge in [-0.25, -0.2) is 0 Å². The molecule has 0 atom stereocenters. The van der Waals surface area contributed by atoms with Gasteiger partial charge in [0.25, 0.3) is 0 Å². The average Bonchev–Trinajstić information content (AvgIpc) is 2.36. The van der Waals surface area contributed by atoms with Crippen molar-refractivity contribution in [3.8, 4) is 0 Å². The maximum atomic E-state index is 12.1. The topological polar surface area (TPSA) is 75.4 Å². The second-order valence-electron chi connectivity index (χ2n) is 4.28. The van der Waals surface area contributed by atoms with Gasteiger partial charge in [-0.3, -0.25) is 9.59 Å². The van der Waals surface area contributed by atoms with E-state index < -0.39 is 0 Å². The van der Waals surface area contributed by atoms with Crippen molar-refractivity contribution in [2.45, 2.75) is 20.3 Å². The van der Waals surface area contributed by atoms with Crippen LogP contribution in [-0.2, 0) is 16.0 Å². The third kappa shape index (κ3) is 4.99. The van der Waals surface area contributed by atoms with E-state index in [2.05, 4.69) is 5.32 Å². The molecule has 5 nitrogen and oxygen atoms in total. The van der Waals surface area contributed by atoms with E-state index in [0.29, 0.717) is 18.8 Å². The lowest BCUT2D eigenvalue weighted by molar-refractivity contribution is -0.135. The van der Waals surface area contributed by atoms with E-state index in [1.165, 1.54) is 4.90 Å². The molecule has 0 unspecified atom stereocenters. The fourth-order valence-electron chi connectivity index (χ4n) is 1.79. The van der Waals surface area contributed by atoms with Crippen molar-refractivity contribution in [1.29, 1.82) is 0 Å². The van der Waals surface area contributed by atoms with Gasteiger partial charge in [0.05, 0.1) is 13.0 Å². The van der Waals surface area contributed by atoms with Gasteiger partial charge in [0.15, 0.2) is 0 Å². The van der Waals surface area contributed by atoms with Crippen molar-refractivity contribution in [2.75, 3.05) is 25.4 Å². The Morgan fingerprint density at radius 1 is 1.32 bits per heavy atom. The first-order valence-electron chi connectivity index (χ1n) is 6.45. The quantitative estimate of drug-likeness (QED) is 0.745. The largest absolute Gasteiger partial charge is 0.399 e. The first-order valence-corrected chi connectivity index (χ1v) is 6.45. The molecule has 5 heteroatoms. The van der Waals surface area contributed by atoms with Gasteiger partial charge >= 0.3 is 0 Å². The molecule has 1 rings (SSSR count). The van der Waals surface area contributed by atoms with E-state index in [4.69, 9.17) is 5.73 Å². The Bertz CT molecular complexity index is 446. The summed E-state index contributed by atoms with van der Waals surface area (Å²) in [6.45, 7) is 4.89. The SMILES string of the molecule is CCNC(=O)CN(CC)C(=O)Cc1cccc(N)c1. The summed E-state index contributed by atoms with van der Waals surface area (Å²) in [6, 6.07) is 7.23. The Kier molecular flexibility index (Phi) is 5.85. The normalized spacial score (nSPS) is 10.0. The number of hydrogen-bond acceptors (Lipinski definition) is 3. The minimum absolute atomic E-state index is 0.0700. The smallest absolute Gasteiger partial charge is 0.239 e. The zero-order chi connectivity index (χ0) is 14.3. The highest BCUT2D eigenvalue weighted by Crippen LogP contribution is 2.08.